The molecule has 0 aromatic heterocycles. The summed E-state index contributed by atoms with van der Waals surface area (Å²) in [7, 11) is 3.08. The normalized spacial score (nSPS) is 27.6. The van der Waals surface area contributed by atoms with E-state index >= 15 is 0 Å². The monoisotopic (exact) mass is 754 g/mol. The van der Waals surface area contributed by atoms with Crippen molar-refractivity contribution in [2.45, 2.75) is 150 Å². The fraction of sp³-hybridized carbons (Fsp3) is 0.714. The molecule has 8 atom stereocenters. The van der Waals surface area contributed by atoms with E-state index in [1.165, 1.54) is 21.7 Å². The van der Waals surface area contributed by atoms with Crippen molar-refractivity contribution in [3.63, 3.8) is 0 Å². The van der Waals surface area contributed by atoms with Gasteiger partial charge in [0.25, 0.3) is 5.91 Å². The second-order valence-corrected chi connectivity index (χ2v) is 16.1. The fourth-order valence-corrected chi connectivity index (χ4v) is 7.66. The van der Waals surface area contributed by atoms with Crippen LogP contribution >= 0.6 is 0 Å². The summed E-state index contributed by atoms with van der Waals surface area (Å²) in [6, 6.07) is 5.26. The average molecular weight is 755 g/mol. The maximum absolute atomic E-state index is 14.5. The van der Waals surface area contributed by atoms with E-state index in [-0.39, 0.29) is 30.7 Å². The molecule has 0 spiro atoms. The van der Waals surface area contributed by atoms with Crippen molar-refractivity contribution in [2.24, 2.45) is 23.7 Å². The van der Waals surface area contributed by atoms with Gasteiger partial charge in [0, 0.05) is 27.1 Å². The maximum Gasteiger partial charge on any atom is 0.329 e. The molecule has 0 saturated carbocycles. The van der Waals surface area contributed by atoms with E-state index in [2.05, 4.69) is 12.2 Å². The van der Waals surface area contributed by atoms with Crippen LogP contribution in [0.15, 0.2) is 30.3 Å². The molecule has 1 N–H and O–H groups in total. The zero-order valence-corrected chi connectivity index (χ0v) is 34.3. The van der Waals surface area contributed by atoms with E-state index in [9.17, 15) is 28.8 Å². The highest BCUT2D eigenvalue weighted by atomic mass is 16.6. The topological polar surface area (TPSA) is 143 Å². The molecule has 2 fully saturated rings. The predicted octanol–water partition coefficient (Wildman–Crippen LogP) is 5.16. The van der Waals surface area contributed by atoms with Gasteiger partial charge in [0.1, 0.15) is 30.3 Å². The number of benzene rings is 1. The Balaban J connectivity index is 2.17. The van der Waals surface area contributed by atoms with E-state index < -0.39 is 77.9 Å². The highest BCUT2D eigenvalue weighted by Crippen LogP contribution is 2.27. The molecule has 0 bridgehead atoms. The number of cyclic esters (lactones) is 2. The Morgan fingerprint density at radius 1 is 0.778 bits per heavy atom. The van der Waals surface area contributed by atoms with Gasteiger partial charge in [0.2, 0.25) is 17.7 Å². The number of hydrogen-bond acceptors (Lipinski definition) is 8. The first-order valence-electron chi connectivity index (χ1n) is 20.1. The van der Waals surface area contributed by atoms with Gasteiger partial charge in [-0.1, -0.05) is 111 Å². The summed E-state index contributed by atoms with van der Waals surface area (Å²) in [5.41, 5.74) is 0.759. The first-order chi connectivity index (χ1) is 25.5. The van der Waals surface area contributed by atoms with Crippen LogP contribution in [-0.2, 0) is 44.7 Å². The SMILES string of the molecule is CCCCCC[C@@H]1OC(=O)[C@H](C(C)C)N(C)C(=O)[C@@H]2CCCN2C(=O)[C@H](Cc2ccccc2)OC(=O)[C@H]([C@@H](C)CC)N(C)C(=O)[C@H](C(C)C)NC(=O)[C@@H]1C. The van der Waals surface area contributed by atoms with Crippen molar-refractivity contribution in [3.8, 4) is 0 Å². The Labute approximate surface area is 323 Å². The van der Waals surface area contributed by atoms with Crippen molar-refractivity contribution in [2.75, 3.05) is 20.6 Å². The van der Waals surface area contributed by atoms with E-state index in [4.69, 9.17) is 9.47 Å². The van der Waals surface area contributed by atoms with Crippen LogP contribution in [0.5, 0.6) is 0 Å². The van der Waals surface area contributed by atoms with Gasteiger partial charge in [-0.3, -0.25) is 19.2 Å². The number of unbranched alkanes of at least 4 members (excludes halogenated alkanes) is 3. The number of nitrogens with one attached hydrogen (secondary N) is 1. The summed E-state index contributed by atoms with van der Waals surface area (Å²) in [5.74, 6) is -5.08. The summed E-state index contributed by atoms with van der Waals surface area (Å²) in [6.07, 6.45) is 3.47. The van der Waals surface area contributed by atoms with Crippen LogP contribution in [0, 0.1) is 23.7 Å². The molecule has 2 aliphatic rings. The first kappa shape index (κ1) is 44.4. The Morgan fingerprint density at radius 3 is 2.00 bits per heavy atom. The molecular formula is C42H66N4O8. The maximum atomic E-state index is 14.5. The summed E-state index contributed by atoms with van der Waals surface area (Å²) < 4.78 is 12.3. The van der Waals surface area contributed by atoms with Gasteiger partial charge in [0.15, 0.2) is 6.10 Å². The second kappa shape index (κ2) is 20.6. The van der Waals surface area contributed by atoms with Gasteiger partial charge >= 0.3 is 11.9 Å². The molecule has 0 unspecified atom stereocenters. The van der Waals surface area contributed by atoms with Gasteiger partial charge in [0.05, 0.1) is 5.92 Å². The molecule has 2 heterocycles. The molecule has 2 aliphatic heterocycles. The number of carbonyl (C=O) groups excluding carboxylic acids is 6. The van der Waals surface area contributed by atoms with Crippen LogP contribution < -0.4 is 5.32 Å². The lowest BCUT2D eigenvalue weighted by molar-refractivity contribution is -0.170. The molecule has 0 radical (unpaired) electrons. The molecular weight excluding hydrogens is 688 g/mol. The van der Waals surface area contributed by atoms with Crippen LogP contribution in [0.2, 0.25) is 0 Å². The number of amides is 4. The zero-order valence-electron chi connectivity index (χ0n) is 34.3. The number of fused-ring (bicyclic) bond motifs is 1. The number of carbonyl (C=O) groups is 6. The van der Waals surface area contributed by atoms with Crippen LogP contribution in [-0.4, -0.2) is 107 Å². The third kappa shape index (κ3) is 11.1. The van der Waals surface area contributed by atoms with E-state index in [1.54, 1.807) is 14.0 Å². The summed E-state index contributed by atoms with van der Waals surface area (Å²) in [6.45, 7) is 15.1. The average Bonchev–Trinajstić information content (AvgIpc) is 3.63. The molecule has 2 saturated heterocycles. The Bertz CT molecular complexity index is 1430. The smallest absolute Gasteiger partial charge is 0.329 e. The van der Waals surface area contributed by atoms with Crippen molar-refractivity contribution in [3.05, 3.63) is 35.9 Å². The number of nitrogens with zero attached hydrogens (tertiary/aromatic N) is 3. The number of hydrogen-bond donors (Lipinski definition) is 1. The summed E-state index contributed by atoms with van der Waals surface area (Å²) >= 11 is 0. The van der Waals surface area contributed by atoms with Crippen LogP contribution in [0.25, 0.3) is 0 Å². The largest absolute Gasteiger partial charge is 0.460 e. The molecule has 54 heavy (non-hydrogen) atoms. The lowest BCUT2D eigenvalue weighted by Crippen LogP contribution is -2.58. The van der Waals surface area contributed by atoms with Crippen LogP contribution in [0.4, 0.5) is 0 Å². The molecule has 4 amide bonds. The van der Waals surface area contributed by atoms with E-state index in [0.29, 0.717) is 25.7 Å². The number of likely N-dealkylation sites (N-methyl/N-ethyl adjacent to an activating group) is 2. The van der Waals surface area contributed by atoms with Crippen molar-refractivity contribution >= 4 is 35.6 Å². The van der Waals surface area contributed by atoms with Gasteiger partial charge in [-0.25, -0.2) is 9.59 Å². The van der Waals surface area contributed by atoms with Gasteiger partial charge in [-0.2, -0.15) is 0 Å². The first-order valence-corrected chi connectivity index (χ1v) is 20.1. The minimum atomic E-state index is -1.28. The Kier molecular flexibility index (Phi) is 17.0. The third-order valence-electron chi connectivity index (χ3n) is 11.3. The quantitative estimate of drug-likeness (QED) is 0.241. The molecule has 0 aliphatic carbocycles. The number of esters is 2. The van der Waals surface area contributed by atoms with Crippen LogP contribution in [0.1, 0.15) is 112 Å². The number of rotatable bonds is 11. The molecule has 302 valence electrons. The predicted molar refractivity (Wildman–Crippen MR) is 207 cm³/mol. The molecule has 12 nitrogen and oxygen atoms in total. The van der Waals surface area contributed by atoms with E-state index in [0.717, 1.165) is 31.2 Å². The highest BCUT2D eigenvalue weighted by molar-refractivity contribution is 5.95. The van der Waals surface area contributed by atoms with Crippen molar-refractivity contribution < 1.29 is 38.2 Å². The molecule has 1 aromatic carbocycles. The fourth-order valence-electron chi connectivity index (χ4n) is 7.66. The molecule has 12 heteroatoms. The minimum Gasteiger partial charge on any atom is -0.460 e. The summed E-state index contributed by atoms with van der Waals surface area (Å²) in [5, 5.41) is 2.93. The number of ether oxygens (including phenoxy) is 2. The standard InChI is InChI=1S/C42H66N4O8/c1-11-13-14-18-23-32-29(8)37(47)43-34(26(3)4)40(50)45(10)36(28(7)12-2)42(52)54-33(25-30-20-16-15-17-21-30)39(49)46-24-19-22-31(46)38(48)44(9)35(27(5)6)41(51)53-32/h15-17,20-21,26-29,31-36H,11-14,18-19,22-25H2,1-10H3,(H,43,47)/t28-,29+,31-,32-,33-,34-,35-,36-/m0/s1. The van der Waals surface area contributed by atoms with Crippen molar-refractivity contribution in [1.29, 1.82) is 0 Å². The zero-order chi connectivity index (χ0) is 40.3. The Hall–Kier alpha value is -3.96. The molecule has 3 rings (SSSR count). The Morgan fingerprint density at radius 2 is 1.41 bits per heavy atom. The van der Waals surface area contributed by atoms with Crippen molar-refractivity contribution in [1.82, 2.24) is 20.0 Å². The van der Waals surface area contributed by atoms with Gasteiger partial charge in [-0.05, 0) is 49.0 Å². The highest BCUT2D eigenvalue weighted by Gasteiger charge is 2.45. The van der Waals surface area contributed by atoms with Gasteiger partial charge in [-0.15, -0.1) is 0 Å². The minimum absolute atomic E-state index is 0.0622. The summed E-state index contributed by atoms with van der Waals surface area (Å²) in [4.78, 5) is 89.7. The van der Waals surface area contributed by atoms with E-state index in [1.807, 2.05) is 71.9 Å². The van der Waals surface area contributed by atoms with Crippen LogP contribution in [0.3, 0.4) is 0 Å². The second-order valence-electron chi connectivity index (χ2n) is 16.1. The lowest BCUT2D eigenvalue weighted by Gasteiger charge is -2.36. The lowest BCUT2D eigenvalue weighted by atomic mass is 9.94. The third-order valence-corrected chi connectivity index (χ3v) is 11.3. The van der Waals surface area contributed by atoms with Gasteiger partial charge < -0.3 is 29.5 Å². The molecule has 1 aromatic rings.